The minimum absolute atomic E-state index is 0.296. The maximum Gasteiger partial charge on any atom is 0.320 e. The van der Waals surface area contributed by atoms with Gasteiger partial charge in [-0.05, 0) is 20.0 Å². The number of hydrogen-bond acceptors (Lipinski definition) is 2. The SMILES string of the molecule is CCCCC(C(=O)O)N(C)CC. The van der Waals surface area contributed by atoms with Gasteiger partial charge in [0.15, 0.2) is 0 Å². The topological polar surface area (TPSA) is 40.5 Å². The standard InChI is InChI=1S/C9H19NO2/c1-4-6-7-8(9(11)12)10(3)5-2/h8H,4-7H2,1-3H3,(H,11,12). The molecule has 0 aliphatic rings. The molecule has 0 aromatic carbocycles. The van der Waals surface area contributed by atoms with E-state index in [0.717, 1.165) is 25.8 Å². The largest absolute Gasteiger partial charge is 0.480 e. The monoisotopic (exact) mass is 173 g/mol. The third kappa shape index (κ3) is 3.72. The van der Waals surface area contributed by atoms with Gasteiger partial charge in [-0.1, -0.05) is 26.7 Å². The van der Waals surface area contributed by atoms with Crippen molar-refractivity contribution in [2.24, 2.45) is 0 Å². The van der Waals surface area contributed by atoms with E-state index in [2.05, 4.69) is 6.92 Å². The second-order valence-electron chi connectivity index (χ2n) is 3.07. The minimum Gasteiger partial charge on any atom is -0.480 e. The second-order valence-corrected chi connectivity index (χ2v) is 3.07. The summed E-state index contributed by atoms with van der Waals surface area (Å²) in [5.74, 6) is -0.701. The van der Waals surface area contributed by atoms with Crippen molar-refractivity contribution in [2.45, 2.75) is 39.2 Å². The van der Waals surface area contributed by atoms with Crippen LogP contribution in [0.15, 0.2) is 0 Å². The molecule has 0 heterocycles. The van der Waals surface area contributed by atoms with E-state index >= 15 is 0 Å². The first-order chi connectivity index (χ1) is 5.63. The Hall–Kier alpha value is -0.570. The Morgan fingerprint density at radius 2 is 2.08 bits per heavy atom. The molecule has 0 saturated carbocycles. The van der Waals surface area contributed by atoms with E-state index in [0.29, 0.717) is 0 Å². The fourth-order valence-electron chi connectivity index (χ4n) is 1.15. The van der Waals surface area contributed by atoms with Gasteiger partial charge in [-0.2, -0.15) is 0 Å². The molecule has 1 unspecified atom stereocenters. The van der Waals surface area contributed by atoms with E-state index in [1.165, 1.54) is 0 Å². The summed E-state index contributed by atoms with van der Waals surface area (Å²) in [6, 6.07) is -0.296. The van der Waals surface area contributed by atoms with Crippen molar-refractivity contribution in [3.63, 3.8) is 0 Å². The van der Waals surface area contributed by atoms with Crippen molar-refractivity contribution in [3.05, 3.63) is 0 Å². The molecule has 0 amide bonds. The smallest absolute Gasteiger partial charge is 0.320 e. The van der Waals surface area contributed by atoms with Gasteiger partial charge in [-0.25, -0.2) is 0 Å². The van der Waals surface area contributed by atoms with Crippen molar-refractivity contribution in [1.29, 1.82) is 0 Å². The Morgan fingerprint density at radius 3 is 2.42 bits per heavy atom. The number of rotatable bonds is 6. The molecule has 0 aliphatic heterocycles. The van der Waals surface area contributed by atoms with Gasteiger partial charge in [0.1, 0.15) is 6.04 Å². The molecule has 1 atom stereocenters. The number of carbonyl (C=O) groups is 1. The van der Waals surface area contributed by atoms with Crippen molar-refractivity contribution in [3.8, 4) is 0 Å². The molecule has 0 aromatic rings. The first-order valence-corrected chi connectivity index (χ1v) is 4.56. The van der Waals surface area contributed by atoms with E-state index < -0.39 is 5.97 Å². The summed E-state index contributed by atoms with van der Waals surface area (Å²) in [5, 5.41) is 8.86. The predicted octanol–water partition coefficient (Wildman–Crippen LogP) is 1.58. The highest BCUT2D eigenvalue weighted by molar-refractivity contribution is 5.73. The number of carboxylic acid groups (broad SMARTS) is 1. The number of unbranched alkanes of at least 4 members (excludes halogenated alkanes) is 1. The molecule has 0 fully saturated rings. The van der Waals surface area contributed by atoms with E-state index in [4.69, 9.17) is 5.11 Å². The lowest BCUT2D eigenvalue weighted by atomic mass is 10.1. The quantitative estimate of drug-likeness (QED) is 0.663. The normalized spacial score (nSPS) is 13.3. The summed E-state index contributed by atoms with van der Waals surface area (Å²) in [4.78, 5) is 12.6. The van der Waals surface area contributed by atoms with Gasteiger partial charge in [0, 0.05) is 0 Å². The van der Waals surface area contributed by atoms with Crippen LogP contribution in [0.5, 0.6) is 0 Å². The molecule has 72 valence electrons. The van der Waals surface area contributed by atoms with Crippen LogP contribution in [0, 0.1) is 0 Å². The van der Waals surface area contributed by atoms with Gasteiger partial charge in [0.2, 0.25) is 0 Å². The molecule has 0 radical (unpaired) electrons. The zero-order chi connectivity index (χ0) is 9.56. The van der Waals surface area contributed by atoms with Crippen LogP contribution in [0.25, 0.3) is 0 Å². The molecule has 0 saturated heterocycles. The third-order valence-electron chi connectivity index (χ3n) is 2.15. The first-order valence-electron chi connectivity index (χ1n) is 4.56. The maximum absolute atomic E-state index is 10.8. The lowest BCUT2D eigenvalue weighted by Gasteiger charge is -2.22. The zero-order valence-corrected chi connectivity index (χ0v) is 8.21. The van der Waals surface area contributed by atoms with Crippen LogP contribution in [0.3, 0.4) is 0 Å². The van der Waals surface area contributed by atoms with E-state index in [1.54, 1.807) is 0 Å². The van der Waals surface area contributed by atoms with Crippen LogP contribution in [-0.4, -0.2) is 35.6 Å². The van der Waals surface area contributed by atoms with Gasteiger partial charge >= 0.3 is 5.97 Å². The van der Waals surface area contributed by atoms with Crippen LogP contribution in [0.4, 0.5) is 0 Å². The molecular weight excluding hydrogens is 154 g/mol. The van der Waals surface area contributed by atoms with Crippen molar-refractivity contribution < 1.29 is 9.90 Å². The summed E-state index contributed by atoms with van der Waals surface area (Å²) in [5.41, 5.74) is 0. The molecular formula is C9H19NO2. The molecule has 12 heavy (non-hydrogen) atoms. The molecule has 0 aliphatic carbocycles. The molecule has 1 N–H and O–H groups in total. The van der Waals surface area contributed by atoms with Gasteiger partial charge < -0.3 is 5.11 Å². The average molecular weight is 173 g/mol. The second kappa shape index (κ2) is 6.00. The lowest BCUT2D eigenvalue weighted by Crippen LogP contribution is -2.38. The van der Waals surface area contributed by atoms with Crippen molar-refractivity contribution >= 4 is 5.97 Å². The van der Waals surface area contributed by atoms with Gasteiger partial charge in [0.25, 0.3) is 0 Å². The number of likely N-dealkylation sites (N-methyl/N-ethyl adjacent to an activating group) is 1. The molecule has 3 nitrogen and oxygen atoms in total. The van der Waals surface area contributed by atoms with Gasteiger partial charge in [-0.3, -0.25) is 9.69 Å². The highest BCUT2D eigenvalue weighted by Gasteiger charge is 2.19. The maximum atomic E-state index is 10.8. The fraction of sp³-hybridized carbons (Fsp3) is 0.889. The molecule has 0 bridgehead atoms. The zero-order valence-electron chi connectivity index (χ0n) is 8.21. The summed E-state index contributed by atoms with van der Waals surface area (Å²) in [7, 11) is 1.86. The number of nitrogens with zero attached hydrogens (tertiary/aromatic N) is 1. The average Bonchev–Trinajstić information content (AvgIpc) is 2.04. The van der Waals surface area contributed by atoms with Crippen molar-refractivity contribution in [1.82, 2.24) is 4.90 Å². The van der Waals surface area contributed by atoms with Crippen LogP contribution >= 0.6 is 0 Å². The van der Waals surface area contributed by atoms with Crippen LogP contribution in [0.2, 0.25) is 0 Å². The highest BCUT2D eigenvalue weighted by Crippen LogP contribution is 2.06. The van der Waals surface area contributed by atoms with Crippen LogP contribution in [-0.2, 0) is 4.79 Å². The molecule has 0 spiro atoms. The molecule has 0 rings (SSSR count). The molecule has 0 aromatic heterocycles. The van der Waals surface area contributed by atoms with Crippen molar-refractivity contribution in [2.75, 3.05) is 13.6 Å². The van der Waals surface area contributed by atoms with E-state index in [1.807, 2.05) is 18.9 Å². The fourth-order valence-corrected chi connectivity index (χ4v) is 1.15. The Balaban J connectivity index is 3.94. The Labute approximate surface area is 74.4 Å². The number of aliphatic carboxylic acids is 1. The molecule has 3 heteroatoms. The van der Waals surface area contributed by atoms with Gasteiger partial charge in [0.05, 0.1) is 0 Å². The summed E-state index contributed by atoms with van der Waals surface area (Å²) in [6.07, 6.45) is 2.80. The van der Waals surface area contributed by atoms with Crippen LogP contribution in [0.1, 0.15) is 33.1 Å². The summed E-state index contributed by atoms with van der Waals surface area (Å²) < 4.78 is 0. The summed E-state index contributed by atoms with van der Waals surface area (Å²) in [6.45, 7) is 4.84. The lowest BCUT2D eigenvalue weighted by molar-refractivity contribution is -0.143. The minimum atomic E-state index is -0.701. The van der Waals surface area contributed by atoms with E-state index in [9.17, 15) is 4.79 Å². The Morgan fingerprint density at radius 1 is 1.50 bits per heavy atom. The van der Waals surface area contributed by atoms with Gasteiger partial charge in [-0.15, -0.1) is 0 Å². The van der Waals surface area contributed by atoms with E-state index in [-0.39, 0.29) is 6.04 Å². The Bertz CT molecular complexity index is 136. The predicted molar refractivity (Wildman–Crippen MR) is 49.3 cm³/mol. The number of carboxylic acids is 1. The third-order valence-corrected chi connectivity index (χ3v) is 2.15. The first kappa shape index (κ1) is 11.4. The number of hydrogen-bond donors (Lipinski definition) is 1. The van der Waals surface area contributed by atoms with Crippen LogP contribution < -0.4 is 0 Å². The Kier molecular flexibility index (Phi) is 5.72. The highest BCUT2D eigenvalue weighted by atomic mass is 16.4. The summed E-state index contributed by atoms with van der Waals surface area (Å²) >= 11 is 0.